The van der Waals surface area contributed by atoms with Crippen LogP contribution in [0.15, 0.2) is 18.7 Å². The predicted molar refractivity (Wildman–Crippen MR) is 193 cm³/mol. The van der Waals surface area contributed by atoms with Gasteiger partial charge in [-0.25, -0.2) is 4.98 Å². The van der Waals surface area contributed by atoms with Crippen LogP contribution in [-0.2, 0) is 19.1 Å². The van der Waals surface area contributed by atoms with Gasteiger partial charge >= 0.3 is 11.9 Å². The second-order valence-corrected chi connectivity index (χ2v) is 13.8. The Bertz CT molecular complexity index is 849. The van der Waals surface area contributed by atoms with Crippen molar-refractivity contribution in [2.75, 3.05) is 32.8 Å². The molecule has 0 fully saturated rings. The molecule has 2 unspecified atom stereocenters. The fourth-order valence-electron chi connectivity index (χ4n) is 6.15. The molecule has 1 rings (SSSR count). The summed E-state index contributed by atoms with van der Waals surface area (Å²) in [4.78, 5) is 31.8. The minimum absolute atomic E-state index is 0.000351. The normalized spacial score (nSPS) is 13.0. The highest BCUT2D eigenvalue weighted by Gasteiger charge is 2.20. The lowest BCUT2D eigenvalue weighted by molar-refractivity contribution is -0.150. The van der Waals surface area contributed by atoms with E-state index in [1.54, 1.807) is 0 Å². The van der Waals surface area contributed by atoms with Crippen LogP contribution in [0.4, 0.5) is 0 Å². The summed E-state index contributed by atoms with van der Waals surface area (Å²) < 4.78 is 13.5. The van der Waals surface area contributed by atoms with Crippen LogP contribution in [0.5, 0.6) is 0 Å². The van der Waals surface area contributed by atoms with Gasteiger partial charge in [0.15, 0.2) is 0 Å². The standard InChI is InChI=1S/C39H73N3O5/c1-6-10-20-35(21-11-7-2)38(44)46-30-18-15-14-17-27-41(28-25-34(5)42-29-26-40-33-42)32-37(43)24-16-19-31-47-39(45)36(22-12-8-3)23-13-9-4/h26,29,33-37,43H,6-25,27-28,30-32H2,1-5H3. The maximum absolute atomic E-state index is 12.6. The van der Waals surface area contributed by atoms with Gasteiger partial charge in [0.1, 0.15) is 0 Å². The molecule has 0 spiro atoms. The van der Waals surface area contributed by atoms with Gasteiger partial charge in [-0.15, -0.1) is 0 Å². The highest BCUT2D eigenvalue weighted by molar-refractivity contribution is 5.72. The number of carbonyl (C=O) groups is 2. The lowest BCUT2D eigenvalue weighted by Gasteiger charge is -2.27. The predicted octanol–water partition coefficient (Wildman–Crippen LogP) is 9.31. The highest BCUT2D eigenvalue weighted by atomic mass is 16.5. The molecule has 1 aromatic heterocycles. The van der Waals surface area contributed by atoms with Crippen LogP contribution in [0.3, 0.4) is 0 Å². The number of esters is 2. The summed E-state index contributed by atoms with van der Waals surface area (Å²) in [6.45, 7) is 14.4. The van der Waals surface area contributed by atoms with Crippen molar-refractivity contribution in [3.05, 3.63) is 18.7 Å². The minimum Gasteiger partial charge on any atom is -0.465 e. The second-order valence-electron chi connectivity index (χ2n) is 13.8. The fraction of sp³-hybridized carbons (Fsp3) is 0.872. The number of imidazole rings is 1. The van der Waals surface area contributed by atoms with Crippen LogP contribution in [0.1, 0.15) is 169 Å². The van der Waals surface area contributed by atoms with Crippen molar-refractivity contribution in [1.82, 2.24) is 14.5 Å². The maximum Gasteiger partial charge on any atom is 0.308 e. The van der Waals surface area contributed by atoms with E-state index in [9.17, 15) is 14.7 Å². The Labute approximate surface area is 288 Å². The summed E-state index contributed by atoms with van der Waals surface area (Å²) in [6, 6.07) is 0.346. The van der Waals surface area contributed by atoms with Crippen LogP contribution in [0.25, 0.3) is 0 Å². The molecule has 0 aliphatic carbocycles. The summed E-state index contributed by atoms with van der Waals surface area (Å²) in [5, 5.41) is 10.9. The van der Waals surface area contributed by atoms with Crippen molar-refractivity contribution in [1.29, 1.82) is 0 Å². The largest absolute Gasteiger partial charge is 0.465 e. The van der Waals surface area contributed by atoms with Crippen LogP contribution in [0.2, 0.25) is 0 Å². The van der Waals surface area contributed by atoms with Crippen molar-refractivity contribution in [2.24, 2.45) is 11.8 Å². The van der Waals surface area contributed by atoms with Crippen molar-refractivity contribution >= 4 is 11.9 Å². The third kappa shape index (κ3) is 21.6. The van der Waals surface area contributed by atoms with E-state index in [4.69, 9.17) is 9.47 Å². The number of rotatable bonds is 32. The van der Waals surface area contributed by atoms with Gasteiger partial charge in [0.05, 0.1) is 37.5 Å². The summed E-state index contributed by atoms with van der Waals surface area (Å²) in [5.74, 6) is 0.0626. The molecule has 1 aromatic rings. The van der Waals surface area contributed by atoms with Crippen LogP contribution < -0.4 is 0 Å². The number of aromatic nitrogens is 2. The number of aliphatic hydroxyl groups excluding tert-OH is 1. The van der Waals surface area contributed by atoms with Gasteiger partial charge in [0.2, 0.25) is 0 Å². The van der Waals surface area contributed by atoms with Crippen molar-refractivity contribution < 1.29 is 24.2 Å². The molecule has 1 N–H and O–H groups in total. The molecule has 0 bridgehead atoms. The zero-order valence-electron chi connectivity index (χ0n) is 31.1. The summed E-state index contributed by atoms with van der Waals surface area (Å²) in [5.41, 5.74) is 0. The lowest BCUT2D eigenvalue weighted by atomic mass is 9.96. The van der Waals surface area contributed by atoms with Gasteiger partial charge in [-0.2, -0.15) is 0 Å². The Balaban J connectivity index is 2.43. The Morgan fingerprint density at radius 3 is 1.68 bits per heavy atom. The molecule has 274 valence electrons. The monoisotopic (exact) mass is 664 g/mol. The highest BCUT2D eigenvalue weighted by Crippen LogP contribution is 2.20. The number of hydrogen-bond donors (Lipinski definition) is 1. The van der Waals surface area contributed by atoms with Crippen LogP contribution in [0, 0.1) is 11.8 Å². The molecule has 0 aliphatic rings. The molecule has 0 aromatic carbocycles. The zero-order chi connectivity index (χ0) is 34.5. The number of ether oxygens (including phenoxy) is 2. The Kier molecular flexibility index (Phi) is 26.6. The average Bonchev–Trinajstić information content (AvgIpc) is 3.62. The molecule has 47 heavy (non-hydrogen) atoms. The van der Waals surface area contributed by atoms with E-state index in [1.807, 2.05) is 18.7 Å². The van der Waals surface area contributed by atoms with Crippen molar-refractivity contribution in [2.45, 2.75) is 175 Å². The van der Waals surface area contributed by atoms with E-state index in [1.165, 1.54) is 0 Å². The lowest BCUT2D eigenvalue weighted by Crippen LogP contribution is -2.35. The molecule has 2 atom stereocenters. The number of nitrogens with zero attached hydrogens (tertiary/aromatic N) is 3. The Morgan fingerprint density at radius 2 is 1.19 bits per heavy atom. The van der Waals surface area contributed by atoms with Gasteiger partial charge in [-0.1, -0.05) is 91.9 Å². The first-order valence-electron chi connectivity index (χ1n) is 19.6. The summed E-state index contributed by atoms with van der Waals surface area (Å²) >= 11 is 0. The number of carbonyl (C=O) groups excluding carboxylic acids is 2. The number of aliphatic hydroxyl groups is 1. The summed E-state index contributed by atoms with van der Waals surface area (Å²) in [7, 11) is 0. The topological polar surface area (TPSA) is 93.9 Å². The Morgan fingerprint density at radius 1 is 0.681 bits per heavy atom. The van der Waals surface area contributed by atoms with E-state index < -0.39 is 6.10 Å². The van der Waals surface area contributed by atoms with E-state index in [0.29, 0.717) is 32.2 Å². The molecule has 0 radical (unpaired) electrons. The molecule has 0 aliphatic heterocycles. The quantitative estimate of drug-likeness (QED) is 0.0606. The molecule has 0 saturated carbocycles. The van der Waals surface area contributed by atoms with E-state index in [0.717, 1.165) is 135 Å². The maximum atomic E-state index is 12.6. The van der Waals surface area contributed by atoms with Crippen LogP contribution >= 0.6 is 0 Å². The molecular formula is C39H73N3O5. The SMILES string of the molecule is CCCCC(CCCC)C(=O)OCCCCCCN(CCC(C)n1ccnc1)CC(O)CCCCOC(=O)C(CCCC)CCCC. The Hall–Kier alpha value is -1.93. The third-order valence-electron chi connectivity index (χ3n) is 9.45. The first kappa shape index (κ1) is 43.1. The van der Waals surface area contributed by atoms with Gasteiger partial charge in [0.25, 0.3) is 0 Å². The molecule has 8 nitrogen and oxygen atoms in total. The first-order chi connectivity index (χ1) is 22.9. The molecule has 0 saturated heterocycles. The molecule has 0 amide bonds. The molecule has 1 heterocycles. The fourth-order valence-corrected chi connectivity index (χ4v) is 6.15. The van der Waals surface area contributed by atoms with E-state index >= 15 is 0 Å². The smallest absolute Gasteiger partial charge is 0.308 e. The van der Waals surface area contributed by atoms with Crippen LogP contribution in [-0.4, -0.2) is 70.4 Å². The van der Waals surface area contributed by atoms with Gasteiger partial charge < -0.3 is 24.0 Å². The van der Waals surface area contributed by atoms with Crippen molar-refractivity contribution in [3.63, 3.8) is 0 Å². The number of unbranched alkanes of at least 4 members (excludes halogenated alkanes) is 8. The average molecular weight is 664 g/mol. The molecule has 8 heteroatoms. The van der Waals surface area contributed by atoms with E-state index in [2.05, 4.69) is 49.1 Å². The van der Waals surface area contributed by atoms with Gasteiger partial charge in [0, 0.05) is 31.5 Å². The second kappa shape index (κ2) is 29.0. The van der Waals surface area contributed by atoms with Crippen molar-refractivity contribution in [3.8, 4) is 0 Å². The van der Waals surface area contributed by atoms with Gasteiger partial charge in [-0.05, 0) is 77.7 Å². The first-order valence-corrected chi connectivity index (χ1v) is 19.6. The number of hydrogen-bond acceptors (Lipinski definition) is 7. The van der Waals surface area contributed by atoms with E-state index in [-0.39, 0.29) is 23.8 Å². The van der Waals surface area contributed by atoms with Gasteiger partial charge in [-0.3, -0.25) is 9.59 Å². The molecular weight excluding hydrogens is 590 g/mol. The third-order valence-corrected chi connectivity index (χ3v) is 9.45. The zero-order valence-corrected chi connectivity index (χ0v) is 31.1. The summed E-state index contributed by atoms with van der Waals surface area (Å²) in [6.07, 6.45) is 25.2. The minimum atomic E-state index is -0.399.